The molecule has 0 N–H and O–H groups in total. The zero-order chi connectivity index (χ0) is 17.2. The predicted octanol–water partition coefficient (Wildman–Crippen LogP) is 5.71. The van der Waals surface area contributed by atoms with Gasteiger partial charge in [0.05, 0.1) is 0 Å². The van der Waals surface area contributed by atoms with Crippen LogP contribution in [0.5, 0.6) is 0 Å². The first-order valence-corrected chi connectivity index (χ1v) is 8.78. The quantitative estimate of drug-likeness (QED) is 0.468. The summed E-state index contributed by atoms with van der Waals surface area (Å²) >= 11 is 0.758. The van der Waals surface area contributed by atoms with Crippen LogP contribution in [-0.4, -0.2) is 10.2 Å². The van der Waals surface area contributed by atoms with Gasteiger partial charge in [-0.15, -0.1) is 0 Å². The van der Waals surface area contributed by atoms with Gasteiger partial charge in [-0.1, -0.05) is 72.8 Å². The molecule has 3 heteroatoms. The molecule has 25 heavy (non-hydrogen) atoms. The smallest absolute Gasteiger partial charge is 0.227 e. The highest BCUT2D eigenvalue weighted by Crippen LogP contribution is 2.27. The first kappa shape index (κ1) is 15.6. The van der Waals surface area contributed by atoms with Crippen molar-refractivity contribution >= 4 is 43.5 Å². The van der Waals surface area contributed by atoms with Crippen molar-refractivity contribution in [3.63, 3.8) is 0 Å². The molecule has 0 aromatic heterocycles. The minimum Gasteiger partial charge on any atom is -0.281 e. The second-order valence-electron chi connectivity index (χ2n) is 5.73. The molecule has 0 saturated carbocycles. The Hall–Kier alpha value is -2.91. The van der Waals surface area contributed by atoms with Crippen LogP contribution in [0.1, 0.15) is 20.7 Å². The zero-order valence-electron chi connectivity index (χ0n) is 13.3. The summed E-state index contributed by atoms with van der Waals surface area (Å²) in [5.41, 5.74) is 1.13. The molecule has 0 radical (unpaired) electrons. The summed E-state index contributed by atoms with van der Waals surface area (Å²) < 4.78 is 0. The van der Waals surface area contributed by atoms with Crippen molar-refractivity contribution in [2.24, 2.45) is 0 Å². The van der Waals surface area contributed by atoms with Gasteiger partial charge in [-0.25, -0.2) is 0 Å². The minimum absolute atomic E-state index is 0.227. The molecular formula is C22H14O2S. The Labute approximate surface area is 149 Å². The van der Waals surface area contributed by atoms with Gasteiger partial charge in [0.2, 0.25) is 10.2 Å². The van der Waals surface area contributed by atoms with E-state index in [9.17, 15) is 9.59 Å². The highest BCUT2D eigenvalue weighted by Gasteiger charge is 2.18. The Bertz CT molecular complexity index is 1020. The van der Waals surface area contributed by atoms with Gasteiger partial charge in [0, 0.05) is 11.1 Å². The maximum atomic E-state index is 12.7. The molecule has 0 heterocycles. The van der Waals surface area contributed by atoms with Crippen molar-refractivity contribution in [1.29, 1.82) is 0 Å². The van der Waals surface area contributed by atoms with Gasteiger partial charge in [0.15, 0.2) is 0 Å². The lowest BCUT2D eigenvalue weighted by atomic mass is 10.1. The van der Waals surface area contributed by atoms with E-state index in [1.165, 1.54) is 0 Å². The van der Waals surface area contributed by atoms with E-state index >= 15 is 0 Å². The molecule has 0 fully saturated rings. The zero-order valence-corrected chi connectivity index (χ0v) is 14.1. The van der Waals surface area contributed by atoms with E-state index < -0.39 is 0 Å². The standard InChI is InChI=1S/C22H14O2S/c23-21(19-13-5-9-15-7-1-3-11-17(15)19)25-22(24)20-14-6-10-16-8-2-4-12-18(16)20/h1-14H. The van der Waals surface area contributed by atoms with Crippen molar-refractivity contribution < 1.29 is 9.59 Å². The van der Waals surface area contributed by atoms with Crippen LogP contribution >= 0.6 is 11.8 Å². The summed E-state index contributed by atoms with van der Waals surface area (Å²) in [6.07, 6.45) is 0. The number of benzene rings is 4. The summed E-state index contributed by atoms with van der Waals surface area (Å²) in [6, 6.07) is 26.6. The normalized spacial score (nSPS) is 10.9. The summed E-state index contributed by atoms with van der Waals surface area (Å²) in [5, 5.41) is 3.27. The molecule has 0 atom stereocenters. The third-order valence-corrected chi connectivity index (χ3v) is 5.02. The Kier molecular flexibility index (Phi) is 4.08. The maximum Gasteiger partial charge on any atom is 0.227 e. The Balaban J connectivity index is 1.69. The van der Waals surface area contributed by atoms with Crippen molar-refractivity contribution in [2.45, 2.75) is 0 Å². The average molecular weight is 342 g/mol. The summed E-state index contributed by atoms with van der Waals surface area (Å²) in [7, 11) is 0. The number of thioether (sulfide) groups is 1. The van der Waals surface area contributed by atoms with Crippen LogP contribution in [0, 0.1) is 0 Å². The van der Waals surface area contributed by atoms with Crippen molar-refractivity contribution in [3.8, 4) is 0 Å². The fraction of sp³-hybridized carbons (Fsp3) is 0. The Morgan fingerprint density at radius 1 is 0.520 bits per heavy atom. The van der Waals surface area contributed by atoms with E-state index in [-0.39, 0.29) is 10.2 Å². The molecule has 4 aromatic rings. The van der Waals surface area contributed by atoms with Crippen LogP contribution in [0.4, 0.5) is 0 Å². The van der Waals surface area contributed by atoms with Crippen LogP contribution in [0.3, 0.4) is 0 Å². The van der Waals surface area contributed by atoms with Gasteiger partial charge in [0.25, 0.3) is 0 Å². The topological polar surface area (TPSA) is 34.1 Å². The molecule has 4 aromatic carbocycles. The van der Waals surface area contributed by atoms with Crippen LogP contribution < -0.4 is 0 Å². The van der Waals surface area contributed by atoms with Gasteiger partial charge < -0.3 is 0 Å². The summed E-state index contributed by atoms with van der Waals surface area (Å²) in [5.74, 6) is 0. The van der Waals surface area contributed by atoms with E-state index in [1.54, 1.807) is 12.1 Å². The van der Waals surface area contributed by atoms with E-state index in [0.717, 1.165) is 33.3 Å². The van der Waals surface area contributed by atoms with Crippen LogP contribution in [0.15, 0.2) is 84.9 Å². The lowest BCUT2D eigenvalue weighted by Gasteiger charge is -2.07. The SMILES string of the molecule is O=C(SC(=O)c1cccc2ccccc12)c1cccc2ccccc12. The van der Waals surface area contributed by atoms with Crippen LogP contribution in [0.2, 0.25) is 0 Å². The largest absolute Gasteiger partial charge is 0.281 e. The number of carbonyl (C=O) groups excluding carboxylic acids is 2. The van der Waals surface area contributed by atoms with Crippen LogP contribution in [0.25, 0.3) is 21.5 Å². The molecule has 0 aliphatic carbocycles. The lowest BCUT2D eigenvalue weighted by Crippen LogP contribution is -2.02. The van der Waals surface area contributed by atoms with Crippen molar-refractivity contribution in [3.05, 3.63) is 96.1 Å². The highest BCUT2D eigenvalue weighted by molar-refractivity contribution is 8.27. The monoisotopic (exact) mass is 342 g/mol. The van der Waals surface area contributed by atoms with Crippen molar-refractivity contribution in [2.75, 3.05) is 0 Å². The molecule has 0 saturated heterocycles. The number of hydrogen-bond acceptors (Lipinski definition) is 3. The van der Waals surface area contributed by atoms with Gasteiger partial charge >= 0.3 is 0 Å². The number of carbonyl (C=O) groups is 2. The van der Waals surface area contributed by atoms with Gasteiger partial charge in [-0.3, -0.25) is 9.59 Å². The lowest BCUT2D eigenvalue weighted by molar-refractivity contribution is 0.106. The Morgan fingerprint density at radius 2 is 0.920 bits per heavy atom. The molecular weight excluding hydrogens is 328 g/mol. The fourth-order valence-electron chi connectivity index (χ4n) is 3.00. The number of hydrogen-bond donors (Lipinski definition) is 0. The predicted molar refractivity (Wildman–Crippen MR) is 104 cm³/mol. The Morgan fingerprint density at radius 3 is 1.40 bits per heavy atom. The molecule has 2 nitrogen and oxygen atoms in total. The fourth-order valence-corrected chi connectivity index (χ4v) is 3.75. The first-order valence-electron chi connectivity index (χ1n) is 7.96. The van der Waals surface area contributed by atoms with Gasteiger partial charge in [-0.05, 0) is 45.4 Å². The summed E-state index contributed by atoms with van der Waals surface area (Å²) in [4.78, 5) is 25.4. The summed E-state index contributed by atoms with van der Waals surface area (Å²) in [6.45, 7) is 0. The molecule has 0 aliphatic rings. The molecule has 0 unspecified atom stereocenters. The molecule has 4 rings (SSSR count). The second-order valence-corrected chi connectivity index (χ2v) is 6.68. The first-order chi connectivity index (χ1) is 12.2. The number of fused-ring (bicyclic) bond motifs is 2. The van der Waals surface area contributed by atoms with E-state index in [4.69, 9.17) is 0 Å². The van der Waals surface area contributed by atoms with Crippen molar-refractivity contribution in [1.82, 2.24) is 0 Å². The maximum absolute atomic E-state index is 12.7. The minimum atomic E-state index is -0.227. The highest BCUT2D eigenvalue weighted by atomic mass is 32.2. The molecule has 0 bridgehead atoms. The van der Waals surface area contributed by atoms with Gasteiger partial charge in [0.1, 0.15) is 0 Å². The molecule has 0 amide bonds. The van der Waals surface area contributed by atoms with Gasteiger partial charge in [-0.2, -0.15) is 0 Å². The van der Waals surface area contributed by atoms with E-state index in [0.29, 0.717) is 11.1 Å². The molecule has 0 spiro atoms. The second kappa shape index (κ2) is 6.54. The average Bonchev–Trinajstić information content (AvgIpc) is 2.67. The number of rotatable bonds is 2. The van der Waals surface area contributed by atoms with E-state index in [2.05, 4.69) is 0 Å². The third kappa shape index (κ3) is 2.94. The van der Waals surface area contributed by atoms with E-state index in [1.807, 2.05) is 72.8 Å². The van der Waals surface area contributed by atoms with Crippen LogP contribution in [-0.2, 0) is 0 Å². The molecule has 120 valence electrons. The molecule has 0 aliphatic heterocycles. The third-order valence-electron chi connectivity index (χ3n) is 4.20.